The first-order valence-corrected chi connectivity index (χ1v) is 10.9. The maximum Gasteiger partial charge on any atom is 0.230 e. The molecule has 9 heteroatoms. The van der Waals surface area contributed by atoms with Gasteiger partial charge in [0.25, 0.3) is 0 Å². The number of methoxy groups -OCH3 is 3. The molecule has 30 heavy (non-hydrogen) atoms. The SMILES string of the molecule is COc1cc([C@@H](c2sc3nc(C)nn3c2O)N2CCC[C@@H](C)C2)cc(OC)c1OC. The van der Waals surface area contributed by atoms with E-state index in [0.717, 1.165) is 30.0 Å². The van der Waals surface area contributed by atoms with Crippen molar-refractivity contribution in [3.05, 3.63) is 28.4 Å². The predicted octanol–water partition coefficient (Wildman–Crippen LogP) is 3.65. The van der Waals surface area contributed by atoms with Crippen molar-refractivity contribution in [1.29, 1.82) is 0 Å². The lowest BCUT2D eigenvalue weighted by Gasteiger charge is -2.37. The van der Waals surface area contributed by atoms with Gasteiger partial charge in [-0.3, -0.25) is 4.90 Å². The molecule has 162 valence electrons. The highest BCUT2D eigenvalue weighted by molar-refractivity contribution is 7.17. The van der Waals surface area contributed by atoms with Crippen LogP contribution in [0.15, 0.2) is 12.1 Å². The summed E-state index contributed by atoms with van der Waals surface area (Å²) in [6, 6.07) is 3.76. The fourth-order valence-electron chi connectivity index (χ4n) is 4.27. The maximum absolute atomic E-state index is 11.0. The molecule has 1 aliphatic rings. The molecule has 0 spiro atoms. The van der Waals surface area contributed by atoms with Gasteiger partial charge < -0.3 is 19.3 Å². The summed E-state index contributed by atoms with van der Waals surface area (Å²) in [4.78, 5) is 8.35. The third kappa shape index (κ3) is 3.56. The number of hydrogen-bond donors (Lipinski definition) is 1. The summed E-state index contributed by atoms with van der Waals surface area (Å²) in [6.07, 6.45) is 2.32. The third-order valence-corrected chi connectivity index (χ3v) is 6.68. The molecule has 3 aromatic rings. The normalized spacial score (nSPS) is 18.5. The molecular weight excluding hydrogens is 404 g/mol. The summed E-state index contributed by atoms with van der Waals surface area (Å²) in [7, 11) is 4.82. The van der Waals surface area contributed by atoms with Crippen molar-refractivity contribution in [3.63, 3.8) is 0 Å². The molecule has 0 amide bonds. The van der Waals surface area contributed by atoms with Gasteiger partial charge in [0.2, 0.25) is 16.6 Å². The van der Waals surface area contributed by atoms with Crippen molar-refractivity contribution in [2.45, 2.75) is 32.7 Å². The van der Waals surface area contributed by atoms with E-state index in [1.165, 1.54) is 22.3 Å². The summed E-state index contributed by atoms with van der Waals surface area (Å²) in [5.74, 6) is 3.09. The van der Waals surface area contributed by atoms with Gasteiger partial charge in [-0.2, -0.15) is 4.52 Å². The molecule has 1 aliphatic heterocycles. The average molecular weight is 433 g/mol. The second-order valence-electron chi connectivity index (χ2n) is 7.75. The molecule has 1 N–H and O–H groups in total. The number of ether oxygens (including phenoxy) is 3. The topological polar surface area (TPSA) is 81.4 Å². The minimum Gasteiger partial charge on any atom is -0.493 e. The number of hydrogen-bond acceptors (Lipinski definition) is 8. The molecule has 2 aromatic heterocycles. The van der Waals surface area contributed by atoms with Crippen LogP contribution in [0.3, 0.4) is 0 Å². The summed E-state index contributed by atoms with van der Waals surface area (Å²) >= 11 is 1.46. The van der Waals surface area contributed by atoms with Gasteiger partial charge in [0.1, 0.15) is 5.82 Å². The van der Waals surface area contributed by atoms with E-state index in [1.807, 2.05) is 19.1 Å². The van der Waals surface area contributed by atoms with Crippen molar-refractivity contribution in [2.75, 3.05) is 34.4 Å². The zero-order valence-corrected chi connectivity index (χ0v) is 18.8. The Balaban J connectivity index is 1.89. The highest BCUT2D eigenvalue weighted by Gasteiger charge is 2.33. The second-order valence-corrected chi connectivity index (χ2v) is 8.76. The Kier molecular flexibility index (Phi) is 5.75. The number of fused-ring (bicyclic) bond motifs is 1. The van der Waals surface area contributed by atoms with E-state index in [2.05, 4.69) is 21.9 Å². The van der Waals surface area contributed by atoms with E-state index < -0.39 is 0 Å². The van der Waals surface area contributed by atoms with Gasteiger partial charge in [-0.1, -0.05) is 18.3 Å². The smallest absolute Gasteiger partial charge is 0.230 e. The van der Waals surface area contributed by atoms with E-state index in [0.29, 0.717) is 34.0 Å². The zero-order valence-electron chi connectivity index (χ0n) is 18.0. The van der Waals surface area contributed by atoms with Crippen LogP contribution in [0.1, 0.15) is 42.1 Å². The van der Waals surface area contributed by atoms with E-state index >= 15 is 0 Å². The number of likely N-dealkylation sites (tertiary alicyclic amines) is 1. The first kappa shape index (κ1) is 20.7. The number of piperidine rings is 1. The zero-order chi connectivity index (χ0) is 21.4. The van der Waals surface area contributed by atoms with Crippen LogP contribution in [0, 0.1) is 12.8 Å². The number of benzene rings is 1. The van der Waals surface area contributed by atoms with E-state index in [4.69, 9.17) is 14.2 Å². The second kappa shape index (κ2) is 8.31. The quantitative estimate of drug-likeness (QED) is 0.637. The first-order chi connectivity index (χ1) is 14.5. The Morgan fingerprint density at radius 3 is 2.43 bits per heavy atom. The number of nitrogens with zero attached hydrogens (tertiary/aromatic N) is 4. The Bertz CT molecular complexity index is 1020. The van der Waals surface area contributed by atoms with Gasteiger partial charge in [0, 0.05) is 6.54 Å². The number of aryl methyl sites for hydroxylation is 1. The van der Waals surface area contributed by atoms with Crippen LogP contribution in [-0.4, -0.2) is 59.0 Å². The van der Waals surface area contributed by atoms with Gasteiger partial charge >= 0.3 is 0 Å². The molecule has 0 unspecified atom stereocenters. The van der Waals surface area contributed by atoms with E-state index in [9.17, 15) is 5.11 Å². The van der Waals surface area contributed by atoms with Gasteiger partial charge in [-0.25, -0.2) is 4.98 Å². The lowest BCUT2D eigenvalue weighted by Crippen LogP contribution is -2.37. The van der Waals surface area contributed by atoms with Crippen LogP contribution in [0.25, 0.3) is 4.96 Å². The highest BCUT2D eigenvalue weighted by atomic mass is 32.1. The number of aromatic hydroxyl groups is 1. The maximum atomic E-state index is 11.0. The molecule has 0 saturated carbocycles. The fourth-order valence-corrected chi connectivity index (χ4v) is 5.44. The Hall–Kier alpha value is -2.52. The molecule has 1 fully saturated rings. The lowest BCUT2D eigenvalue weighted by molar-refractivity contribution is 0.148. The minimum atomic E-state index is -0.171. The summed E-state index contributed by atoms with van der Waals surface area (Å²) in [5, 5.41) is 15.4. The Morgan fingerprint density at radius 1 is 1.17 bits per heavy atom. The number of rotatable bonds is 6. The Labute approximate surface area is 180 Å². The van der Waals surface area contributed by atoms with E-state index in [1.54, 1.807) is 21.3 Å². The summed E-state index contributed by atoms with van der Waals surface area (Å²) in [5.41, 5.74) is 0.968. The van der Waals surface area contributed by atoms with Crippen LogP contribution in [0.4, 0.5) is 0 Å². The molecular formula is C21H28N4O4S. The molecule has 0 aliphatic carbocycles. The molecule has 2 atom stereocenters. The summed E-state index contributed by atoms with van der Waals surface area (Å²) < 4.78 is 18.2. The molecule has 3 heterocycles. The van der Waals surface area contributed by atoms with Crippen LogP contribution in [-0.2, 0) is 0 Å². The third-order valence-electron chi connectivity index (χ3n) is 5.61. The van der Waals surface area contributed by atoms with Crippen LogP contribution in [0.5, 0.6) is 23.1 Å². The molecule has 4 rings (SSSR count). The standard InChI is InChI=1S/C21H28N4O4S/c1-12-7-6-8-24(11-12)17(19-20(26)25-21(30-19)22-13(2)23-25)14-9-15(27-3)18(29-5)16(10-14)28-4/h9-10,12,17,26H,6-8,11H2,1-5H3/t12-,17+/m1/s1. The molecule has 1 aromatic carbocycles. The number of thiazole rings is 1. The first-order valence-electron chi connectivity index (χ1n) is 10.1. The van der Waals surface area contributed by atoms with Gasteiger partial charge in [-0.15, -0.1) is 5.10 Å². The molecule has 8 nitrogen and oxygen atoms in total. The van der Waals surface area contributed by atoms with Crippen molar-refractivity contribution >= 4 is 16.3 Å². The van der Waals surface area contributed by atoms with Crippen molar-refractivity contribution in [3.8, 4) is 23.1 Å². The van der Waals surface area contributed by atoms with Gasteiger partial charge in [0.05, 0.1) is 32.2 Å². The highest BCUT2D eigenvalue weighted by Crippen LogP contribution is 2.46. The molecule has 1 saturated heterocycles. The Morgan fingerprint density at radius 2 is 1.87 bits per heavy atom. The van der Waals surface area contributed by atoms with Crippen LogP contribution < -0.4 is 14.2 Å². The monoisotopic (exact) mass is 432 g/mol. The predicted molar refractivity (Wildman–Crippen MR) is 115 cm³/mol. The fraction of sp³-hybridized carbons (Fsp3) is 0.524. The van der Waals surface area contributed by atoms with Gasteiger partial charge in [0.15, 0.2) is 11.5 Å². The summed E-state index contributed by atoms with van der Waals surface area (Å²) in [6.45, 7) is 5.97. The lowest BCUT2D eigenvalue weighted by atomic mass is 9.95. The van der Waals surface area contributed by atoms with Gasteiger partial charge in [-0.05, 0) is 49.9 Å². The number of aromatic nitrogens is 3. The minimum absolute atomic E-state index is 0.132. The largest absolute Gasteiger partial charge is 0.493 e. The average Bonchev–Trinajstić information content (AvgIpc) is 3.24. The molecule has 0 bridgehead atoms. The van der Waals surface area contributed by atoms with Crippen molar-refractivity contribution in [2.24, 2.45) is 5.92 Å². The van der Waals surface area contributed by atoms with Crippen molar-refractivity contribution in [1.82, 2.24) is 19.5 Å². The van der Waals surface area contributed by atoms with Crippen LogP contribution >= 0.6 is 11.3 Å². The van der Waals surface area contributed by atoms with Crippen molar-refractivity contribution < 1.29 is 19.3 Å². The van der Waals surface area contributed by atoms with E-state index in [-0.39, 0.29) is 11.9 Å². The molecule has 0 radical (unpaired) electrons. The van der Waals surface area contributed by atoms with Crippen LogP contribution in [0.2, 0.25) is 0 Å².